The fourth-order valence-corrected chi connectivity index (χ4v) is 10.0. The molecule has 9 atom stereocenters. The van der Waals surface area contributed by atoms with Crippen molar-refractivity contribution in [2.45, 2.75) is 111 Å². The summed E-state index contributed by atoms with van der Waals surface area (Å²) in [6, 6.07) is 0.00166. The van der Waals surface area contributed by atoms with Crippen molar-refractivity contribution in [3.63, 3.8) is 0 Å². The van der Waals surface area contributed by atoms with Crippen LogP contribution < -0.4 is 5.32 Å². The highest BCUT2D eigenvalue weighted by Gasteiger charge is 2.63. The van der Waals surface area contributed by atoms with Gasteiger partial charge in [0.2, 0.25) is 5.91 Å². The molecule has 0 radical (unpaired) electrons. The van der Waals surface area contributed by atoms with Gasteiger partial charge in [-0.3, -0.25) is 9.59 Å². The highest BCUT2D eigenvalue weighted by atomic mass is 16.2. The van der Waals surface area contributed by atoms with Crippen LogP contribution in [0.1, 0.15) is 105 Å². The molecule has 4 nitrogen and oxygen atoms in total. The number of carbonyl (C=O) groups excluding carboxylic acids is 2. The minimum absolute atomic E-state index is 0.00166. The zero-order valence-corrected chi connectivity index (χ0v) is 23.9. The predicted molar refractivity (Wildman–Crippen MR) is 146 cm³/mol. The number of fused-ring (bicyclic) bond motifs is 5. The monoisotopic (exact) mass is 496 g/mol. The van der Waals surface area contributed by atoms with Gasteiger partial charge in [0.1, 0.15) is 0 Å². The molecule has 0 spiro atoms. The van der Waals surface area contributed by atoms with Crippen molar-refractivity contribution in [3.8, 4) is 0 Å². The van der Waals surface area contributed by atoms with Crippen molar-refractivity contribution in [2.24, 2.45) is 52.3 Å². The summed E-state index contributed by atoms with van der Waals surface area (Å²) in [5.74, 6) is 4.51. The van der Waals surface area contributed by atoms with Crippen LogP contribution in [0, 0.1) is 52.3 Å². The SMILES string of the molecule is CC(C)CCC[C@@H](C)[C@H]1CC[C@H]2[C@@H]3C(C(=O)[C@@H]4CCCN4)C=C4N(C)C(=O)CC[C@]4(C)[C@H]3CC[C@]12C. The Hall–Kier alpha value is -1.16. The normalized spacial score (nSPS) is 43.1. The Balaban J connectivity index is 1.48. The van der Waals surface area contributed by atoms with E-state index in [-0.39, 0.29) is 23.3 Å². The Labute approximate surface area is 220 Å². The average molecular weight is 497 g/mol. The predicted octanol–water partition coefficient (Wildman–Crippen LogP) is 6.60. The molecule has 2 saturated heterocycles. The second kappa shape index (κ2) is 9.86. The number of piperidine rings is 1. The highest BCUT2D eigenvalue weighted by molar-refractivity contribution is 5.89. The van der Waals surface area contributed by atoms with Crippen LogP contribution >= 0.6 is 0 Å². The van der Waals surface area contributed by atoms with E-state index in [1.807, 2.05) is 11.9 Å². The van der Waals surface area contributed by atoms with Gasteiger partial charge in [-0.15, -0.1) is 0 Å². The lowest BCUT2D eigenvalue weighted by Gasteiger charge is -2.60. The van der Waals surface area contributed by atoms with Crippen molar-refractivity contribution < 1.29 is 9.59 Å². The van der Waals surface area contributed by atoms with Gasteiger partial charge in [-0.1, -0.05) is 60.0 Å². The molecule has 36 heavy (non-hydrogen) atoms. The first-order chi connectivity index (χ1) is 17.1. The topological polar surface area (TPSA) is 49.4 Å². The van der Waals surface area contributed by atoms with Crippen LogP contribution in [-0.4, -0.2) is 36.2 Å². The Kier molecular flexibility index (Phi) is 7.24. The first-order valence-electron chi connectivity index (χ1n) is 15.3. The van der Waals surface area contributed by atoms with E-state index in [1.165, 1.54) is 44.9 Å². The molecular weight excluding hydrogens is 444 g/mol. The molecule has 5 aliphatic rings. The number of allylic oxidation sites excluding steroid dienone is 2. The molecule has 0 aromatic rings. The van der Waals surface area contributed by atoms with Crippen molar-refractivity contribution in [1.82, 2.24) is 10.2 Å². The summed E-state index contributed by atoms with van der Waals surface area (Å²) >= 11 is 0. The Morgan fingerprint density at radius 3 is 2.56 bits per heavy atom. The lowest BCUT2D eigenvalue weighted by Crippen LogP contribution is -2.58. The summed E-state index contributed by atoms with van der Waals surface area (Å²) in [5.41, 5.74) is 1.53. The van der Waals surface area contributed by atoms with Crippen LogP contribution in [-0.2, 0) is 9.59 Å². The maximum absolute atomic E-state index is 14.1. The van der Waals surface area contributed by atoms with E-state index in [9.17, 15) is 9.59 Å². The maximum Gasteiger partial charge on any atom is 0.226 e. The quantitative estimate of drug-likeness (QED) is 0.432. The summed E-state index contributed by atoms with van der Waals surface area (Å²) in [5, 5.41) is 3.52. The minimum atomic E-state index is -0.0401. The van der Waals surface area contributed by atoms with Crippen LogP contribution in [0.25, 0.3) is 0 Å². The largest absolute Gasteiger partial charge is 0.319 e. The zero-order chi connectivity index (χ0) is 25.8. The third-order valence-corrected chi connectivity index (χ3v) is 12.0. The van der Waals surface area contributed by atoms with Crippen LogP contribution in [0.5, 0.6) is 0 Å². The third-order valence-electron chi connectivity index (χ3n) is 12.0. The van der Waals surface area contributed by atoms with E-state index in [1.54, 1.807) is 0 Å². The fourth-order valence-electron chi connectivity index (χ4n) is 10.0. The Morgan fingerprint density at radius 1 is 1.08 bits per heavy atom. The van der Waals surface area contributed by atoms with Gasteiger partial charge >= 0.3 is 0 Å². The number of likely N-dealkylation sites (tertiary alicyclic amines) is 1. The highest BCUT2D eigenvalue weighted by Crippen LogP contribution is 2.68. The van der Waals surface area contributed by atoms with Gasteiger partial charge in [-0.05, 0) is 92.4 Å². The number of nitrogens with zero attached hydrogens (tertiary/aromatic N) is 1. The molecule has 0 aromatic carbocycles. The maximum atomic E-state index is 14.1. The summed E-state index contributed by atoms with van der Waals surface area (Å²) in [6.45, 7) is 13.2. The molecule has 202 valence electrons. The van der Waals surface area contributed by atoms with Crippen LogP contribution in [0.3, 0.4) is 0 Å². The van der Waals surface area contributed by atoms with Gasteiger partial charge in [0.25, 0.3) is 0 Å². The number of rotatable bonds is 7. The first kappa shape index (κ1) is 26.4. The molecule has 2 aliphatic heterocycles. The summed E-state index contributed by atoms with van der Waals surface area (Å²) < 4.78 is 0. The van der Waals surface area contributed by atoms with Gasteiger partial charge in [-0.2, -0.15) is 0 Å². The summed E-state index contributed by atoms with van der Waals surface area (Å²) in [7, 11) is 1.96. The molecule has 3 aliphatic carbocycles. The number of Topliss-reactive ketones (excluding diaryl/α,β-unsaturated/α-hetero) is 1. The van der Waals surface area contributed by atoms with Gasteiger partial charge < -0.3 is 10.2 Å². The number of hydrogen-bond acceptors (Lipinski definition) is 3. The van der Waals surface area contributed by atoms with E-state index in [0.717, 1.165) is 49.3 Å². The van der Waals surface area contributed by atoms with E-state index in [4.69, 9.17) is 0 Å². The molecular formula is C32H52N2O2. The van der Waals surface area contributed by atoms with Crippen molar-refractivity contribution in [3.05, 3.63) is 11.8 Å². The fraction of sp³-hybridized carbons (Fsp3) is 0.875. The molecule has 1 amide bonds. The van der Waals surface area contributed by atoms with E-state index < -0.39 is 0 Å². The van der Waals surface area contributed by atoms with Gasteiger partial charge in [0.15, 0.2) is 5.78 Å². The Morgan fingerprint density at radius 2 is 1.86 bits per heavy atom. The lowest BCUT2D eigenvalue weighted by molar-refractivity contribution is -0.142. The number of carbonyl (C=O) groups is 2. The molecule has 2 saturated carbocycles. The average Bonchev–Trinajstić information content (AvgIpc) is 3.49. The molecule has 5 rings (SSSR count). The number of ketones is 1. The van der Waals surface area contributed by atoms with Crippen molar-refractivity contribution in [2.75, 3.05) is 13.6 Å². The molecule has 4 heteroatoms. The first-order valence-corrected chi connectivity index (χ1v) is 15.3. The zero-order valence-electron chi connectivity index (χ0n) is 23.9. The van der Waals surface area contributed by atoms with E-state index >= 15 is 0 Å². The van der Waals surface area contributed by atoms with Gasteiger partial charge in [0.05, 0.1) is 6.04 Å². The second-order valence-electron chi connectivity index (χ2n) is 14.3. The molecule has 0 bridgehead atoms. The third kappa shape index (κ3) is 4.22. The van der Waals surface area contributed by atoms with Crippen molar-refractivity contribution in [1.29, 1.82) is 0 Å². The molecule has 2 heterocycles. The van der Waals surface area contributed by atoms with Crippen molar-refractivity contribution >= 4 is 11.7 Å². The lowest BCUT2D eigenvalue weighted by atomic mass is 9.46. The molecule has 0 aromatic heterocycles. The standard InChI is InChI=1S/C32H52N2O2/c1-20(2)9-7-10-21(3)23-12-13-24-29-22(30(36)26-11-8-18-33-26)19-27-32(5,17-15-28(35)34(27)6)25(29)14-16-31(23,24)4/h19-26,29,33H,7-18H2,1-6H3/t21-,22?,23-,24+,25+,26+,29+,31-,32-/m1/s1. The summed E-state index contributed by atoms with van der Waals surface area (Å²) in [6.07, 6.45) is 15.1. The van der Waals surface area contributed by atoms with Crippen LogP contribution in [0.4, 0.5) is 0 Å². The van der Waals surface area contributed by atoms with Gasteiger partial charge in [0, 0.05) is 30.5 Å². The smallest absolute Gasteiger partial charge is 0.226 e. The summed E-state index contributed by atoms with van der Waals surface area (Å²) in [4.78, 5) is 28.8. The minimum Gasteiger partial charge on any atom is -0.319 e. The molecule has 1 N–H and O–H groups in total. The Bertz CT molecular complexity index is 889. The number of amides is 1. The molecule has 1 unspecified atom stereocenters. The second-order valence-corrected chi connectivity index (χ2v) is 14.3. The van der Waals surface area contributed by atoms with Crippen LogP contribution in [0.2, 0.25) is 0 Å². The number of nitrogens with one attached hydrogen (secondary N) is 1. The van der Waals surface area contributed by atoms with E-state index in [2.05, 4.69) is 46.0 Å². The van der Waals surface area contributed by atoms with Gasteiger partial charge in [-0.25, -0.2) is 0 Å². The number of hydrogen-bond donors (Lipinski definition) is 1. The van der Waals surface area contributed by atoms with Crippen LogP contribution in [0.15, 0.2) is 11.8 Å². The van der Waals surface area contributed by atoms with E-state index in [0.29, 0.717) is 35.4 Å². The molecule has 4 fully saturated rings.